The third-order valence-electron chi connectivity index (χ3n) is 4.00. The molecule has 0 aliphatic heterocycles. The number of hydrogen-bond donors (Lipinski definition) is 4. The Morgan fingerprint density at radius 2 is 1.89 bits per heavy atom. The summed E-state index contributed by atoms with van der Waals surface area (Å²) in [6.45, 7) is 1.44. The molecule has 0 atom stereocenters. The van der Waals surface area contributed by atoms with Gasteiger partial charge in [-0.2, -0.15) is 0 Å². The van der Waals surface area contributed by atoms with Gasteiger partial charge in [0.05, 0.1) is 16.8 Å². The molecule has 5 N–H and O–H groups in total. The summed E-state index contributed by atoms with van der Waals surface area (Å²) in [7, 11) is 0. The number of ketones is 1. The molecule has 2 aromatic carbocycles. The van der Waals surface area contributed by atoms with Gasteiger partial charge in [-0.05, 0) is 55.5 Å². The fourth-order valence-corrected chi connectivity index (χ4v) is 2.76. The molecule has 1 aromatic heterocycles. The highest BCUT2D eigenvalue weighted by molar-refractivity contribution is 7.80. The Morgan fingerprint density at radius 3 is 2.56 bits per heavy atom. The van der Waals surface area contributed by atoms with Crippen molar-refractivity contribution in [3.05, 3.63) is 59.7 Å². The van der Waals surface area contributed by atoms with E-state index in [4.69, 9.17) is 18.1 Å². The van der Waals surface area contributed by atoms with Crippen LogP contribution in [-0.2, 0) is 0 Å². The average Bonchev–Trinajstić information content (AvgIpc) is 2.66. The van der Waals surface area contributed by atoms with Gasteiger partial charge in [-0.3, -0.25) is 14.9 Å². The molecule has 27 heavy (non-hydrogen) atoms. The second kappa shape index (κ2) is 7.48. The predicted octanol–water partition coefficient (Wildman–Crippen LogP) is 2.29. The van der Waals surface area contributed by atoms with E-state index in [1.165, 1.54) is 19.1 Å². The summed E-state index contributed by atoms with van der Waals surface area (Å²) < 4.78 is 0. The molecule has 0 aliphatic rings. The number of carbonyl (C=O) groups excluding carboxylic acids is 2. The first kappa shape index (κ1) is 18.4. The van der Waals surface area contributed by atoms with Gasteiger partial charge in [0.15, 0.2) is 10.9 Å². The molecule has 0 spiro atoms. The summed E-state index contributed by atoms with van der Waals surface area (Å²) in [6, 6.07) is 13.1. The van der Waals surface area contributed by atoms with Gasteiger partial charge in [-0.25, -0.2) is 10.8 Å². The number of aromatic hydroxyl groups is 1. The van der Waals surface area contributed by atoms with Crippen LogP contribution >= 0.6 is 12.2 Å². The van der Waals surface area contributed by atoms with Crippen molar-refractivity contribution in [1.82, 2.24) is 15.7 Å². The van der Waals surface area contributed by atoms with Gasteiger partial charge in [0.2, 0.25) is 0 Å². The van der Waals surface area contributed by atoms with Gasteiger partial charge >= 0.3 is 0 Å². The smallest absolute Gasteiger partial charge is 0.258 e. The molecule has 1 amide bonds. The van der Waals surface area contributed by atoms with E-state index in [2.05, 4.69) is 15.7 Å². The first-order chi connectivity index (χ1) is 12.9. The Labute approximate surface area is 160 Å². The minimum Gasteiger partial charge on any atom is -0.507 e. The number of aromatic nitrogens is 1. The number of benzene rings is 2. The van der Waals surface area contributed by atoms with Crippen molar-refractivity contribution in [2.75, 3.05) is 0 Å². The molecule has 0 unspecified atom stereocenters. The monoisotopic (exact) mass is 380 g/mol. The van der Waals surface area contributed by atoms with Gasteiger partial charge in [-0.1, -0.05) is 12.1 Å². The number of hydrogen-bond acceptors (Lipinski definition) is 6. The number of nitrogens with zero attached hydrogens (tertiary/aromatic N) is 1. The number of para-hydroxylation sites is 1. The first-order valence-corrected chi connectivity index (χ1v) is 8.37. The Kier molecular flexibility index (Phi) is 5.11. The summed E-state index contributed by atoms with van der Waals surface area (Å²) in [5.41, 5.74) is 4.27. The number of pyridine rings is 1. The number of rotatable bonds is 3. The molecule has 8 heteroatoms. The number of thiocarbonyl (C=S) groups is 1. The number of fused-ring (bicyclic) bond motifs is 1. The van der Waals surface area contributed by atoms with Gasteiger partial charge in [-0.15, -0.1) is 0 Å². The number of phenolic OH excluding ortho intramolecular Hbond substituents is 1. The van der Waals surface area contributed by atoms with Crippen LogP contribution < -0.4 is 16.6 Å². The average molecular weight is 380 g/mol. The standard InChI is InChI=1S/C19H16N4O3S/c1-10(24)11-6-7-15-13(8-11)14(18(26)22-19(27)23-20)9-16(21-15)12-4-2-3-5-17(12)25/h2-9,25H,20H2,1H3,(H2,22,23,26,27). The quantitative estimate of drug-likeness (QED) is 0.238. The second-order valence-corrected chi connectivity index (χ2v) is 6.20. The maximum atomic E-state index is 12.7. The number of nitrogens with two attached hydrogens (primary N) is 1. The summed E-state index contributed by atoms with van der Waals surface area (Å²) in [4.78, 5) is 29.0. The molecule has 1 heterocycles. The number of carbonyl (C=O) groups is 2. The topological polar surface area (TPSA) is 117 Å². The van der Waals surface area contributed by atoms with Crippen LogP contribution in [0, 0.1) is 0 Å². The van der Waals surface area contributed by atoms with Crippen molar-refractivity contribution >= 4 is 39.9 Å². The lowest BCUT2D eigenvalue weighted by atomic mass is 10.0. The fourth-order valence-electron chi connectivity index (χ4n) is 2.67. The van der Waals surface area contributed by atoms with Crippen molar-refractivity contribution in [3.63, 3.8) is 0 Å². The molecule has 7 nitrogen and oxygen atoms in total. The Morgan fingerprint density at radius 1 is 1.15 bits per heavy atom. The van der Waals surface area contributed by atoms with Gasteiger partial charge in [0.1, 0.15) is 5.75 Å². The molecule has 0 radical (unpaired) electrons. The summed E-state index contributed by atoms with van der Waals surface area (Å²) in [5.74, 6) is 4.61. The van der Waals surface area contributed by atoms with E-state index in [1.54, 1.807) is 36.4 Å². The van der Waals surface area contributed by atoms with Gasteiger partial charge in [0, 0.05) is 16.5 Å². The van der Waals surface area contributed by atoms with Crippen LogP contribution in [0.15, 0.2) is 48.5 Å². The zero-order valence-corrected chi connectivity index (χ0v) is 15.1. The molecule has 0 saturated carbocycles. The molecular weight excluding hydrogens is 364 g/mol. The fraction of sp³-hybridized carbons (Fsp3) is 0.0526. The molecule has 0 saturated heterocycles. The van der Waals surface area contributed by atoms with Crippen LogP contribution in [0.25, 0.3) is 22.2 Å². The number of hydrazine groups is 1. The van der Waals surface area contributed by atoms with Crippen LogP contribution in [0.2, 0.25) is 0 Å². The molecule has 0 aliphatic carbocycles. The van der Waals surface area contributed by atoms with Crippen molar-refractivity contribution in [1.29, 1.82) is 0 Å². The lowest BCUT2D eigenvalue weighted by Gasteiger charge is -2.12. The van der Waals surface area contributed by atoms with E-state index in [9.17, 15) is 14.7 Å². The molecule has 0 fully saturated rings. The Balaban J connectivity index is 2.25. The van der Waals surface area contributed by atoms with Crippen LogP contribution in [0.4, 0.5) is 0 Å². The lowest BCUT2D eigenvalue weighted by Crippen LogP contribution is -2.42. The highest BCUT2D eigenvalue weighted by Crippen LogP contribution is 2.31. The van der Waals surface area contributed by atoms with Crippen molar-refractivity contribution in [3.8, 4) is 17.0 Å². The first-order valence-electron chi connectivity index (χ1n) is 7.96. The van der Waals surface area contributed by atoms with E-state index in [0.29, 0.717) is 27.7 Å². The van der Waals surface area contributed by atoms with Crippen LogP contribution in [-0.4, -0.2) is 26.9 Å². The lowest BCUT2D eigenvalue weighted by molar-refractivity contribution is 0.0975. The largest absolute Gasteiger partial charge is 0.507 e. The van der Waals surface area contributed by atoms with Gasteiger partial charge in [0.25, 0.3) is 5.91 Å². The number of nitrogens with one attached hydrogen (secondary N) is 2. The molecule has 136 valence electrons. The maximum absolute atomic E-state index is 12.7. The molecular formula is C19H16N4O3S. The highest BCUT2D eigenvalue weighted by atomic mass is 32.1. The minimum absolute atomic E-state index is 0.0372. The summed E-state index contributed by atoms with van der Waals surface area (Å²) in [5, 5.41) is 13.0. The van der Waals surface area contributed by atoms with Crippen molar-refractivity contribution in [2.24, 2.45) is 5.84 Å². The van der Waals surface area contributed by atoms with Crippen LogP contribution in [0.5, 0.6) is 5.75 Å². The third-order valence-corrected chi connectivity index (χ3v) is 4.22. The summed E-state index contributed by atoms with van der Waals surface area (Å²) in [6.07, 6.45) is 0. The summed E-state index contributed by atoms with van der Waals surface area (Å²) >= 11 is 4.89. The van der Waals surface area contributed by atoms with E-state index in [0.717, 1.165) is 0 Å². The SMILES string of the molecule is CC(=O)c1ccc2nc(-c3ccccc3O)cc(C(=O)NC(=S)NN)c2c1. The van der Waals surface area contributed by atoms with Crippen LogP contribution in [0.1, 0.15) is 27.6 Å². The second-order valence-electron chi connectivity index (χ2n) is 5.79. The van der Waals surface area contributed by atoms with E-state index >= 15 is 0 Å². The predicted molar refractivity (Wildman–Crippen MR) is 106 cm³/mol. The molecule has 3 aromatic rings. The Hall–Kier alpha value is -3.36. The van der Waals surface area contributed by atoms with E-state index in [-0.39, 0.29) is 22.2 Å². The zero-order chi connectivity index (χ0) is 19.6. The van der Waals surface area contributed by atoms with Crippen molar-refractivity contribution < 1.29 is 14.7 Å². The number of Topliss-reactive ketones (excluding diaryl/α,β-unsaturated/α-hetero) is 1. The van der Waals surface area contributed by atoms with E-state index in [1.807, 2.05) is 0 Å². The van der Waals surface area contributed by atoms with Crippen molar-refractivity contribution in [2.45, 2.75) is 6.92 Å². The normalized spacial score (nSPS) is 10.4. The van der Waals surface area contributed by atoms with Gasteiger partial charge < -0.3 is 10.5 Å². The molecule has 3 rings (SSSR count). The molecule has 0 bridgehead atoms. The van der Waals surface area contributed by atoms with Crippen LogP contribution in [0.3, 0.4) is 0 Å². The Bertz CT molecular complexity index is 1080. The zero-order valence-electron chi connectivity index (χ0n) is 14.3. The third kappa shape index (κ3) is 3.76. The number of phenols is 1. The maximum Gasteiger partial charge on any atom is 0.258 e. The minimum atomic E-state index is -0.511. The van der Waals surface area contributed by atoms with E-state index < -0.39 is 5.91 Å². The number of amides is 1. The highest BCUT2D eigenvalue weighted by Gasteiger charge is 2.17.